The summed E-state index contributed by atoms with van der Waals surface area (Å²) in [5.74, 6) is -0.314. The fourth-order valence-corrected chi connectivity index (χ4v) is 4.63. The van der Waals surface area contributed by atoms with Gasteiger partial charge in [0.05, 0.1) is 10.6 Å². The maximum atomic E-state index is 13.3. The standard InChI is InChI=1S/C25H21ClN2O2S/c1-27(16-18-8-3-2-4-9-18)24(29)17-28-21-12-5-6-13-22(21)31-23(25(28)30)15-19-10-7-11-20(26)14-19/h2-15H,16-17H2,1H3. The quantitative estimate of drug-likeness (QED) is 0.485. The molecule has 0 bridgehead atoms. The highest BCUT2D eigenvalue weighted by atomic mass is 35.5. The Hall–Kier alpha value is -3.02. The van der Waals surface area contributed by atoms with Gasteiger partial charge in [0, 0.05) is 23.5 Å². The van der Waals surface area contributed by atoms with Crippen LogP contribution in [0.15, 0.2) is 88.7 Å². The molecule has 1 aliphatic rings. The Labute approximate surface area is 191 Å². The van der Waals surface area contributed by atoms with Gasteiger partial charge in [0.25, 0.3) is 5.91 Å². The number of para-hydroxylation sites is 1. The number of amides is 2. The van der Waals surface area contributed by atoms with E-state index in [1.54, 1.807) is 22.9 Å². The molecular weight excluding hydrogens is 428 g/mol. The highest BCUT2D eigenvalue weighted by Crippen LogP contribution is 2.42. The molecule has 1 aliphatic heterocycles. The van der Waals surface area contributed by atoms with Crippen molar-refractivity contribution >= 4 is 46.9 Å². The summed E-state index contributed by atoms with van der Waals surface area (Å²) in [6.45, 7) is 0.468. The summed E-state index contributed by atoms with van der Waals surface area (Å²) in [5, 5.41) is 0.609. The molecule has 2 amide bonds. The van der Waals surface area contributed by atoms with E-state index in [0.29, 0.717) is 16.5 Å². The summed E-state index contributed by atoms with van der Waals surface area (Å²) in [5.41, 5.74) is 2.64. The lowest BCUT2D eigenvalue weighted by molar-refractivity contribution is -0.130. The highest BCUT2D eigenvalue weighted by molar-refractivity contribution is 8.04. The number of carbonyl (C=O) groups is 2. The van der Waals surface area contributed by atoms with Crippen molar-refractivity contribution in [2.45, 2.75) is 11.4 Å². The van der Waals surface area contributed by atoms with Crippen LogP contribution in [0.2, 0.25) is 5.02 Å². The third-order valence-electron chi connectivity index (χ3n) is 4.96. The molecule has 0 aliphatic carbocycles. The largest absolute Gasteiger partial charge is 0.340 e. The lowest BCUT2D eigenvalue weighted by Gasteiger charge is -2.31. The summed E-state index contributed by atoms with van der Waals surface area (Å²) in [7, 11) is 1.76. The molecule has 0 saturated heterocycles. The van der Waals surface area contributed by atoms with Gasteiger partial charge in [-0.15, -0.1) is 0 Å². The number of nitrogens with zero attached hydrogens (tertiary/aromatic N) is 2. The van der Waals surface area contributed by atoms with Crippen molar-refractivity contribution in [1.82, 2.24) is 4.90 Å². The van der Waals surface area contributed by atoms with Gasteiger partial charge in [0.15, 0.2) is 0 Å². The molecule has 4 rings (SSSR count). The van der Waals surface area contributed by atoms with Gasteiger partial charge in [-0.25, -0.2) is 0 Å². The Morgan fingerprint density at radius 1 is 1.03 bits per heavy atom. The van der Waals surface area contributed by atoms with Gasteiger partial charge >= 0.3 is 0 Å². The number of hydrogen-bond acceptors (Lipinski definition) is 3. The van der Waals surface area contributed by atoms with E-state index in [-0.39, 0.29) is 18.4 Å². The monoisotopic (exact) mass is 448 g/mol. The fraction of sp³-hybridized carbons (Fsp3) is 0.120. The van der Waals surface area contributed by atoms with Gasteiger partial charge in [0.2, 0.25) is 5.91 Å². The lowest BCUT2D eigenvalue weighted by atomic mass is 10.2. The molecule has 0 aromatic heterocycles. The molecule has 4 nitrogen and oxygen atoms in total. The van der Waals surface area contributed by atoms with Crippen molar-refractivity contribution in [3.8, 4) is 0 Å². The maximum Gasteiger partial charge on any atom is 0.265 e. The van der Waals surface area contributed by atoms with E-state index in [0.717, 1.165) is 21.7 Å². The van der Waals surface area contributed by atoms with Crippen molar-refractivity contribution in [3.63, 3.8) is 0 Å². The van der Waals surface area contributed by atoms with Crippen LogP contribution in [0.25, 0.3) is 6.08 Å². The average Bonchev–Trinajstić information content (AvgIpc) is 2.77. The zero-order valence-electron chi connectivity index (χ0n) is 17.0. The highest BCUT2D eigenvalue weighted by Gasteiger charge is 2.31. The fourth-order valence-electron chi connectivity index (χ4n) is 3.37. The number of fused-ring (bicyclic) bond motifs is 1. The number of thioether (sulfide) groups is 1. The van der Waals surface area contributed by atoms with Crippen LogP contribution in [0.5, 0.6) is 0 Å². The summed E-state index contributed by atoms with van der Waals surface area (Å²) < 4.78 is 0. The molecule has 6 heteroatoms. The van der Waals surface area contributed by atoms with Gasteiger partial charge in [0.1, 0.15) is 6.54 Å². The Morgan fingerprint density at radius 3 is 2.55 bits per heavy atom. The number of rotatable bonds is 5. The topological polar surface area (TPSA) is 40.6 Å². The first-order valence-electron chi connectivity index (χ1n) is 9.85. The van der Waals surface area contributed by atoms with E-state index in [9.17, 15) is 9.59 Å². The third kappa shape index (κ3) is 5.01. The van der Waals surface area contributed by atoms with Crippen LogP contribution in [-0.2, 0) is 16.1 Å². The molecule has 1 heterocycles. The molecule has 0 fully saturated rings. The molecule has 0 radical (unpaired) electrons. The summed E-state index contributed by atoms with van der Waals surface area (Å²) in [4.78, 5) is 31.0. The van der Waals surface area contributed by atoms with Gasteiger partial charge in [-0.3, -0.25) is 14.5 Å². The van der Waals surface area contributed by atoms with Crippen LogP contribution in [0.4, 0.5) is 5.69 Å². The zero-order chi connectivity index (χ0) is 21.8. The van der Waals surface area contributed by atoms with Crippen LogP contribution < -0.4 is 4.90 Å². The predicted molar refractivity (Wildman–Crippen MR) is 127 cm³/mol. The Kier molecular flexibility index (Phi) is 6.44. The summed E-state index contributed by atoms with van der Waals surface area (Å²) in [6, 6.07) is 24.8. The van der Waals surface area contributed by atoms with Crippen molar-refractivity contribution in [2.75, 3.05) is 18.5 Å². The zero-order valence-corrected chi connectivity index (χ0v) is 18.6. The second-order valence-electron chi connectivity index (χ2n) is 7.26. The normalized spacial score (nSPS) is 14.5. The summed E-state index contributed by atoms with van der Waals surface area (Å²) >= 11 is 7.51. The second kappa shape index (κ2) is 9.41. The number of anilines is 1. The number of halogens is 1. The van der Waals surface area contributed by atoms with Crippen molar-refractivity contribution in [1.29, 1.82) is 0 Å². The van der Waals surface area contributed by atoms with Gasteiger partial charge in [-0.05, 0) is 41.5 Å². The van der Waals surface area contributed by atoms with Crippen molar-refractivity contribution in [2.24, 2.45) is 0 Å². The molecule has 3 aromatic carbocycles. The van der Waals surface area contributed by atoms with Crippen LogP contribution in [0, 0.1) is 0 Å². The molecule has 0 atom stereocenters. The Balaban J connectivity index is 1.59. The Bertz CT molecular complexity index is 1150. The van der Waals surface area contributed by atoms with Crippen LogP contribution in [-0.4, -0.2) is 30.3 Å². The van der Waals surface area contributed by atoms with E-state index in [2.05, 4.69) is 0 Å². The number of hydrogen-bond donors (Lipinski definition) is 0. The minimum atomic E-state index is -0.190. The van der Waals surface area contributed by atoms with E-state index in [1.165, 1.54) is 11.8 Å². The predicted octanol–water partition coefficient (Wildman–Crippen LogP) is 5.48. The minimum absolute atomic E-state index is 0.0212. The van der Waals surface area contributed by atoms with Crippen molar-refractivity contribution in [3.05, 3.63) is 99.9 Å². The van der Waals surface area contributed by atoms with Gasteiger partial charge in [-0.1, -0.05) is 78.0 Å². The van der Waals surface area contributed by atoms with Crippen LogP contribution in [0.1, 0.15) is 11.1 Å². The van der Waals surface area contributed by atoms with Crippen LogP contribution >= 0.6 is 23.4 Å². The first kappa shape index (κ1) is 21.2. The number of likely N-dealkylation sites (N-methyl/N-ethyl adjacent to an activating group) is 1. The first-order chi connectivity index (χ1) is 15.0. The van der Waals surface area contributed by atoms with Crippen molar-refractivity contribution < 1.29 is 9.59 Å². The molecular formula is C25H21ClN2O2S. The number of benzene rings is 3. The van der Waals surface area contributed by atoms with E-state index >= 15 is 0 Å². The van der Waals surface area contributed by atoms with E-state index < -0.39 is 0 Å². The van der Waals surface area contributed by atoms with Gasteiger partial charge < -0.3 is 4.90 Å². The number of carbonyl (C=O) groups excluding carboxylic acids is 2. The smallest absolute Gasteiger partial charge is 0.265 e. The Morgan fingerprint density at radius 2 is 1.77 bits per heavy atom. The van der Waals surface area contributed by atoms with Gasteiger partial charge in [-0.2, -0.15) is 0 Å². The molecule has 0 unspecified atom stereocenters. The van der Waals surface area contributed by atoms with E-state index in [1.807, 2.05) is 78.9 Å². The molecule has 3 aromatic rings. The van der Waals surface area contributed by atoms with Crippen LogP contribution in [0.3, 0.4) is 0 Å². The second-order valence-corrected chi connectivity index (χ2v) is 8.78. The molecule has 0 spiro atoms. The molecule has 0 saturated carbocycles. The SMILES string of the molecule is CN(Cc1ccccc1)C(=O)CN1C(=O)C(=Cc2cccc(Cl)c2)Sc2ccccc21. The first-order valence-corrected chi connectivity index (χ1v) is 11.0. The molecule has 31 heavy (non-hydrogen) atoms. The molecule has 0 N–H and O–H groups in total. The average molecular weight is 449 g/mol. The third-order valence-corrected chi connectivity index (χ3v) is 6.27. The lowest BCUT2D eigenvalue weighted by Crippen LogP contribution is -2.43. The molecule has 156 valence electrons. The summed E-state index contributed by atoms with van der Waals surface area (Å²) in [6.07, 6.45) is 1.82. The van der Waals surface area contributed by atoms with E-state index in [4.69, 9.17) is 11.6 Å². The maximum absolute atomic E-state index is 13.3. The minimum Gasteiger partial charge on any atom is -0.340 e.